The van der Waals surface area contributed by atoms with Gasteiger partial charge in [0.05, 0.1) is 0 Å². The van der Waals surface area contributed by atoms with E-state index in [0.717, 1.165) is 6.42 Å². The minimum absolute atomic E-state index is 0.209. The van der Waals surface area contributed by atoms with E-state index in [0.29, 0.717) is 12.6 Å². The van der Waals surface area contributed by atoms with Gasteiger partial charge in [-0.25, -0.2) is 0 Å². The van der Waals surface area contributed by atoms with Gasteiger partial charge >= 0.3 is 0 Å². The van der Waals surface area contributed by atoms with Gasteiger partial charge in [-0.05, 0) is 45.7 Å². The fourth-order valence-corrected chi connectivity index (χ4v) is 3.04. The second-order valence-corrected chi connectivity index (χ2v) is 6.31. The van der Waals surface area contributed by atoms with Gasteiger partial charge < -0.3 is 10.6 Å². The number of amides is 1. The normalized spacial score (nSPS) is 20.9. The standard InChI is InChI=1S/C16H25N3O/c1-11(2)18-16(4,15(17)20)10-19-12(3)9-13-7-5-6-8-14(13)19/h5-8,11-12,18H,9-10H2,1-4H3,(H2,17,20). The molecule has 4 heteroatoms. The largest absolute Gasteiger partial charge is 0.368 e. The molecule has 4 nitrogen and oxygen atoms in total. The van der Waals surface area contributed by atoms with Crippen molar-refractivity contribution in [2.24, 2.45) is 5.73 Å². The number of fused-ring (bicyclic) bond motifs is 1. The van der Waals surface area contributed by atoms with Crippen molar-refractivity contribution in [1.29, 1.82) is 0 Å². The first-order valence-electron chi connectivity index (χ1n) is 7.25. The molecule has 0 saturated carbocycles. The third kappa shape index (κ3) is 2.80. The molecule has 1 amide bonds. The Balaban J connectivity index is 2.25. The number of benzene rings is 1. The zero-order valence-corrected chi connectivity index (χ0v) is 12.8. The van der Waals surface area contributed by atoms with Crippen LogP contribution >= 0.6 is 0 Å². The van der Waals surface area contributed by atoms with E-state index in [4.69, 9.17) is 5.73 Å². The summed E-state index contributed by atoms with van der Waals surface area (Å²) in [5.41, 5.74) is 7.48. The Hall–Kier alpha value is -1.55. The highest BCUT2D eigenvalue weighted by Gasteiger charge is 2.37. The van der Waals surface area contributed by atoms with Crippen molar-refractivity contribution in [3.63, 3.8) is 0 Å². The van der Waals surface area contributed by atoms with Gasteiger partial charge in [-0.15, -0.1) is 0 Å². The summed E-state index contributed by atoms with van der Waals surface area (Å²) in [5.74, 6) is -0.303. The molecule has 1 aliphatic heterocycles. The molecule has 3 N–H and O–H groups in total. The van der Waals surface area contributed by atoms with Crippen molar-refractivity contribution < 1.29 is 4.79 Å². The number of nitrogens with two attached hydrogens (primary N) is 1. The molecule has 1 aromatic rings. The van der Waals surface area contributed by atoms with E-state index in [2.05, 4.69) is 35.3 Å². The molecule has 0 aromatic heterocycles. The lowest BCUT2D eigenvalue weighted by Crippen LogP contribution is -2.62. The van der Waals surface area contributed by atoms with Crippen LogP contribution in [0.3, 0.4) is 0 Å². The molecular formula is C16H25N3O. The molecule has 0 bridgehead atoms. The lowest BCUT2D eigenvalue weighted by atomic mass is 9.98. The fraction of sp³-hybridized carbons (Fsp3) is 0.562. The molecule has 20 heavy (non-hydrogen) atoms. The molecule has 0 spiro atoms. The Labute approximate surface area is 121 Å². The maximum atomic E-state index is 11.9. The van der Waals surface area contributed by atoms with Crippen LogP contribution in [0.4, 0.5) is 5.69 Å². The predicted octanol–water partition coefficient (Wildman–Crippen LogP) is 1.68. The first kappa shape index (κ1) is 14.9. The van der Waals surface area contributed by atoms with Gasteiger partial charge in [0.1, 0.15) is 5.54 Å². The number of nitrogens with one attached hydrogen (secondary N) is 1. The van der Waals surface area contributed by atoms with Crippen LogP contribution in [-0.4, -0.2) is 30.1 Å². The van der Waals surface area contributed by atoms with Gasteiger partial charge in [0, 0.05) is 24.3 Å². The van der Waals surface area contributed by atoms with Crippen molar-refractivity contribution >= 4 is 11.6 Å². The summed E-state index contributed by atoms with van der Waals surface area (Å²) in [6, 6.07) is 8.98. The summed E-state index contributed by atoms with van der Waals surface area (Å²) >= 11 is 0. The molecule has 2 rings (SSSR count). The highest BCUT2D eigenvalue weighted by atomic mass is 16.1. The summed E-state index contributed by atoms with van der Waals surface area (Å²) in [7, 11) is 0. The first-order valence-corrected chi connectivity index (χ1v) is 7.25. The molecule has 2 unspecified atom stereocenters. The number of rotatable bonds is 5. The number of hydrogen-bond donors (Lipinski definition) is 2. The van der Waals surface area contributed by atoms with E-state index in [-0.39, 0.29) is 11.9 Å². The fourth-order valence-electron chi connectivity index (χ4n) is 3.04. The van der Waals surface area contributed by atoms with Crippen LogP contribution < -0.4 is 16.0 Å². The van der Waals surface area contributed by atoms with Gasteiger partial charge in [-0.3, -0.25) is 10.1 Å². The molecule has 1 aromatic carbocycles. The topological polar surface area (TPSA) is 58.4 Å². The summed E-state index contributed by atoms with van der Waals surface area (Å²) in [6.07, 6.45) is 1.02. The minimum atomic E-state index is -0.722. The summed E-state index contributed by atoms with van der Waals surface area (Å²) in [6.45, 7) is 8.74. The van der Waals surface area contributed by atoms with Crippen LogP contribution in [0.1, 0.15) is 33.3 Å². The average Bonchev–Trinajstić information content (AvgIpc) is 2.65. The van der Waals surface area contributed by atoms with Crippen molar-refractivity contribution in [2.45, 2.75) is 51.7 Å². The number of anilines is 1. The number of nitrogens with zero attached hydrogens (tertiary/aromatic N) is 1. The van der Waals surface area contributed by atoms with Gasteiger partial charge in [-0.1, -0.05) is 18.2 Å². The van der Waals surface area contributed by atoms with E-state index in [1.807, 2.05) is 26.8 Å². The van der Waals surface area contributed by atoms with Crippen molar-refractivity contribution in [3.05, 3.63) is 29.8 Å². The number of para-hydroxylation sites is 1. The van der Waals surface area contributed by atoms with Crippen LogP contribution in [0, 0.1) is 0 Å². The minimum Gasteiger partial charge on any atom is -0.368 e. The van der Waals surface area contributed by atoms with Gasteiger partial charge in [-0.2, -0.15) is 0 Å². The van der Waals surface area contributed by atoms with E-state index >= 15 is 0 Å². The second kappa shape index (κ2) is 5.44. The quantitative estimate of drug-likeness (QED) is 0.859. The van der Waals surface area contributed by atoms with E-state index in [1.165, 1.54) is 11.3 Å². The van der Waals surface area contributed by atoms with Crippen LogP contribution in [-0.2, 0) is 11.2 Å². The third-order valence-corrected chi connectivity index (χ3v) is 3.99. The Bertz CT molecular complexity index is 500. The van der Waals surface area contributed by atoms with Crippen molar-refractivity contribution in [3.8, 4) is 0 Å². The number of primary amides is 1. The summed E-state index contributed by atoms with van der Waals surface area (Å²) in [4.78, 5) is 14.2. The molecular weight excluding hydrogens is 250 g/mol. The second-order valence-electron chi connectivity index (χ2n) is 6.31. The number of carbonyl (C=O) groups is 1. The highest BCUT2D eigenvalue weighted by molar-refractivity contribution is 5.85. The monoisotopic (exact) mass is 275 g/mol. The van der Waals surface area contributed by atoms with E-state index < -0.39 is 5.54 Å². The molecule has 1 aliphatic rings. The van der Waals surface area contributed by atoms with E-state index in [9.17, 15) is 4.79 Å². The van der Waals surface area contributed by atoms with Crippen LogP contribution in [0.5, 0.6) is 0 Å². The van der Waals surface area contributed by atoms with Crippen LogP contribution in [0.2, 0.25) is 0 Å². The summed E-state index contributed by atoms with van der Waals surface area (Å²) < 4.78 is 0. The first-order chi connectivity index (χ1) is 9.33. The Morgan fingerprint density at radius 1 is 1.50 bits per heavy atom. The van der Waals surface area contributed by atoms with Gasteiger partial charge in [0.2, 0.25) is 5.91 Å². The van der Waals surface area contributed by atoms with Crippen molar-refractivity contribution in [1.82, 2.24) is 5.32 Å². The van der Waals surface area contributed by atoms with Gasteiger partial charge in [0.15, 0.2) is 0 Å². The maximum absolute atomic E-state index is 11.9. The predicted molar refractivity (Wildman–Crippen MR) is 82.8 cm³/mol. The van der Waals surface area contributed by atoms with E-state index in [1.54, 1.807) is 0 Å². The van der Waals surface area contributed by atoms with Gasteiger partial charge in [0.25, 0.3) is 0 Å². The Morgan fingerprint density at radius 2 is 2.15 bits per heavy atom. The molecule has 0 fully saturated rings. The SMILES string of the molecule is CC(C)NC(C)(CN1c2ccccc2CC1C)C(N)=O. The Morgan fingerprint density at radius 3 is 2.75 bits per heavy atom. The van der Waals surface area contributed by atoms with Crippen LogP contribution in [0.15, 0.2) is 24.3 Å². The molecule has 110 valence electrons. The molecule has 0 radical (unpaired) electrons. The van der Waals surface area contributed by atoms with Crippen LogP contribution in [0.25, 0.3) is 0 Å². The van der Waals surface area contributed by atoms with Crippen molar-refractivity contribution in [2.75, 3.05) is 11.4 Å². The lowest BCUT2D eigenvalue weighted by molar-refractivity contribution is -0.123. The zero-order chi connectivity index (χ0) is 14.9. The Kier molecular flexibility index (Phi) is 4.04. The zero-order valence-electron chi connectivity index (χ0n) is 12.8. The lowest BCUT2D eigenvalue weighted by Gasteiger charge is -2.37. The number of hydrogen-bond acceptors (Lipinski definition) is 3. The maximum Gasteiger partial charge on any atom is 0.239 e. The number of carbonyl (C=O) groups excluding carboxylic acids is 1. The summed E-state index contributed by atoms with van der Waals surface area (Å²) in [5, 5.41) is 3.32. The third-order valence-electron chi connectivity index (χ3n) is 3.99. The smallest absolute Gasteiger partial charge is 0.239 e. The molecule has 1 heterocycles. The molecule has 0 aliphatic carbocycles. The molecule has 0 saturated heterocycles. The molecule has 2 atom stereocenters. The average molecular weight is 275 g/mol. The highest BCUT2D eigenvalue weighted by Crippen LogP contribution is 2.32.